The molecule has 2 N–H and O–H groups in total. The molecule has 3 aromatic rings. The SMILES string of the molecule is COc1cc(O)cc(OC)c1C1C2=CCC3C(=O)N(CCc4ccc(O)cc4)C(=O)C3C2CC2(Cl)C(=O)N(c3c(F)c(F)c(F)c(F)c3F)C(=O)C12Cl. The molecule has 0 bridgehead atoms. The van der Waals surface area contributed by atoms with Crippen molar-refractivity contribution in [3.8, 4) is 23.0 Å². The first-order chi connectivity index (χ1) is 25.0. The van der Waals surface area contributed by atoms with Crippen molar-refractivity contribution in [3.63, 3.8) is 0 Å². The molecule has 10 nitrogen and oxygen atoms in total. The first-order valence-corrected chi connectivity index (χ1v) is 16.8. The van der Waals surface area contributed by atoms with Crippen molar-refractivity contribution in [3.05, 3.63) is 88.3 Å². The fraction of sp³-hybridized carbons (Fsp3) is 0.333. The number of imide groups is 2. The number of amides is 4. The van der Waals surface area contributed by atoms with E-state index in [1.807, 2.05) is 0 Å². The Labute approximate surface area is 307 Å². The fourth-order valence-corrected chi connectivity index (χ4v) is 9.20. The van der Waals surface area contributed by atoms with Gasteiger partial charge in [-0.15, -0.1) is 23.2 Å². The van der Waals surface area contributed by atoms with Gasteiger partial charge in [0.2, 0.25) is 17.6 Å². The zero-order chi connectivity index (χ0) is 38.5. The second-order valence-electron chi connectivity index (χ2n) is 13.2. The lowest BCUT2D eigenvalue weighted by Crippen LogP contribution is -2.60. The molecule has 278 valence electrons. The van der Waals surface area contributed by atoms with E-state index in [-0.39, 0.29) is 58.4 Å². The minimum Gasteiger partial charge on any atom is -0.508 e. The molecule has 17 heteroatoms. The van der Waals surface area contributed by atoms with Crippen LogP contribution in [0.25, 0.3) is 0 Å². The van der Waals surface area contributed by atoms with Crippen LogP contribution in [0.2, 0.25) is 0 Å². The van der Waals surface area contributed by atoms with E-state index in [0.717, 1.165) is 17.0 Å². The number of rotatable bonds is 7. The van der Waals surface area contributed by atoms with Gasteiger partial charge in [-0.25, -0.2) is 26.9 Å². The number of fused-ring (bicyclic) bond motifs is 4. The molecule has 3 fully saturated rings. The monoisotopic (exact) mass is 780 g/mol. The number of carbonyl (C=O) groups is 4. The second-order valence-corrected chi connectivity index (χ2v) is 14.4. The van der Waals surface area contributed by atoms with E-state index in [2.05, 4.69) is 0 Å². The van der Waals surface area contributed by atoms with E-state index in [1.165, 1.54) is 32.4 Å². The average Bonchev–Trinajstić information content (AvgIpc) is 3.47. The van der Waals surface area contributed by atoms with Gasteiger partial charge >= 0.3 is 0 Å². The molecule has 7 rings (SSSR count). The molecule has 0 radical (unpaired) electrons. The van der Waals surface area contributed by atoms with E-state index in [0.29, 0.717) is 5.56 Å². The smallest absolute Gasteiger partial charge is 0.258 e. The molecular formula is C36H27Cl2F5N2O8. The summed E-state index contributed by atoms with van der Waals surface area (Å²) >= 11 is 14.4. The van der Waals surface area contributed by atoms with Gasteiger partial charge in [0.05, 0.1) is 26.1 Å². The van der Waals surface area contributed by atoms with Gasteiger partial charge in [-0.05, 0) is 42.9 Å². The predicted molar refractivity (Wildman–Crippen MR) is 176 cm³/mol. The number of allylic oxidation sites excluding steroid dienone is 2. The zero-order valence-electron chi connectivity index (χ0n) is 27.6. The summed E-state index contributed by atoms with van der Waals surface area (Å²) in [5.41, 5.74) is -1.13. The molecule has 6 unspecified atom stereocenters. The van der Waals surface area contributed by atoms with Crippen LogP contribution in [0.1, 0.15) is 29.9 Å². The van der Waals surface area contributed by atoms with Crippen molar-refractivity contribution in [2.75, 3.05) is 25.7 Å². The van der Waals surface area contributed by atoms with Crippen molar-refractivity contribution in [1.29, 1.82) is 0 Å². The van der Waals surface area contributed by atoms with Crippen LogP contribution >= 0.6 is 23.2 Å². The molecular weight excluding hydrogens is 754 g/mol. The maximum atomic E-state index is 15.3. The molecule has 0 spiro atoms. The van der Waals surface area contributed by atoms with Gasteiger partial charge in [-0.2, -0.15) is 0 Å². The molecule has 2 heterocycles. The fourth-order valence-electron chi connectivity index (χ4n) is 8.28. The van der Waals surface area contributed by atoms with Crippen LogP contribution in [0.4, 0.5) is 27.6 Å². The number of hydrogen-bond donors (Lipinski definition) is 2. The van der Waals surface area contributed by atoms with Gasteiger partial charge in [-0.3, -0.25) is 24.1 Å². The third-order valence-electron chi connectivity index (χ3n) is 10.7. The van der Waals surface area contributed by atoms with E-state index in [9.17, 15) is 42.6 Å². The van der Waals surface area contributed by atoms with E-state index in [4.69, 9.17) is 32.7 Å². The van der Waals surface area contributed by atoms with Crippen LogP contribution in [0.3, 0.4) is 0 Å². The van der Waals surface area contributed by atoms with Crippen LogP contribution in [-0.2, 0) is 25.6 Å². The Morgan fingerprint density at radius 3 is 1.92 bits per heavy atom. The molecule has 6 atom stereocenters. The number of halogens is 7. The molecule has 4 aliphatic rings. The number of nitrogens with zero attached hydrogens (tertiary/aromatic N) is 2. The van der Waals surface area contributed by atoms with Crippen molar-refractivity contribution in [2.24, 2.45) is 17.8 Å². The van der Waals surface area contributed by atoms with Crippen LogP contribution in [0, 0.1) is 46.8 Å². The van der Waals surface area contributed by atoms with Crippen molar-refractivity contribution >= 4 is 52.5 Å². The van der Waals surface area contributed by atoms with Crippen LogP contribution in [-0.4, -0.2) is 69.3 Å². The molecule has 4 amide bonds. The Morgan fingerprint density at radius 1 is 0.792 bits per heavy atom. The maximum absolute atomic E-state index is 15.3. The van der Waals surface area contributed by atoms with Gasteiger partial charge in [-0.1, -0.05) is 23.8 Å². The number of phenolic OH excluding ortho intramolecular Hbond substituents is 2. The highest BCUT2D eigenvalue weighted by molar-refractivity contribution is 6.58. The van der Waals surface area contributed by atoms with E-state index in [1.54, 1.807) is 12.1 Å². The maximum Gasteiger partial charge on any atom is 0.258 e. The summed E-state index contributed by atoms with van der Waals surface area (Å²) in [7, 11) is 2.37. The largest absolute Gasteiger partial charge is 0.508 e. The number of alkyl halides is 2. The average molecular weight is 782 g/mol. The van der Waals surface area contributed by atoms with E-state index < -0.39 is 98.2 Å². The Morgan fingerprint density at radius 2 is 1.36 bits per heavy atom. The van der Waals surface area contributed by atoms with E-state index >= 15 is 8.78 Å². The number of likely N-dealkylation sites (tertiary alicyclic amines) is 1. The van der Waals surface area contributed by atoms with Crippen molar-refractivity contribution < 1.29 is 60.8 Å². The number of anilines is 1. The molecule has 2 aliphatic carbocycles. The summed E-state index contributed by atoms with van der Waals surface area (Å²) in [4.78, 5) is 52.2. The number of hydrogen-bond acceptors (Lipinski definition) is 8. The number of aromatic hydroxyl groups is 2. The number of benzene rings is 3. The standard InChI is InChI=1S/C36H27Cl2F5N2O8/c1-52-20-11-16(47)12-21(53-2)23(20)24-17-7-8-18-22(32(49)44(31(18)48)10-9-14-3-5-15(46)6-4-14)19(17)13-35(37)33(50)45(34(51)36(24,35)38)30-28(42)26(40)25(39)27(41)29(30)43/h3-7,11-12,18-19,22,24,46-47H,8-10,13H2,1-2H3. The Balaban J connectivity index is 1.41. The van der Waals surface area contributed by atoms with Crippen molar-refractivity contribution in [2.45, 2.75) is 34.9 Å². The normalized spacial score (nSPS) is 27.8. The molecule has 1 saturated carbocycles. The summed E-state index contributed by atoms with van der Waals surface area (Å²) in [6.07, 6.45) is 1.00. The third kappa shape index (κ3) is 4.95. The van der Waals surface area contributed by atoms with Crippen LogP contribution < -0.4 is 14.4 Å². The lowest BCUT2D eigenvalue weighted by molar-refractivity contribution is -0.140. The van der Waals surface area contributed by atoms with Gasteiger partial charge in [0, 0.05) is 30.2 Å². The number of phenols is 2. The molecule has 2 aliphatic heterocycles. The number of ether oxygens (including phenoxy) is 2. The molecule has 0 aromatic heterocycles. The van der Waals surface area contributed by atoms with Gasteiger partial charge in [0.15, 0.2) is 33.0 Å². The quantitative estimate of drug-likeness (QED) is 0.0790. The summed E-state index contributed by atoms with van der Waals surface area (Å²) in [6, 6.07) is 8.35. The minimum absolute atomic E-state index is 0.0180. The highest BCUT2D eigenvalue weighted by Gasteiger charge is 2.77. The molecule has 53 heavy (non-hydrogen) atoms. The predicted octanol–water partition coefficient (Wildman–Crippen LogP) is 5.62. The Hall–Kier alpha value is -4.89. The Kier molecular flexibility index (Phi) is 8.68. The lowest BCUT2D eigenvalue weighted by atomic mass is 9.56. The summed E-state index contributed by atoms with van der Waals surface area (Å²) < 4.78 is 84.8. The first kappa shape index (κ1) is 36.5. The third-order valence-corrected chi connectivity index (χ3v) is 12.1. The lowest BCUT2D eigenvalue weighted by Gasteiger charge is -2.51. The van der Waals surface area contributed by atoms with Gasteiger partial charge in [0.1, 0.15) is 28.7 Å². The topological polar surface area (TPSA) is 134 Å². The first-order valence-electron chi connectivity index (χ1n) is 16.1. The summed E-state index contributed by atoms with van der Waals surface area (Å²) in [5.74, 6) is -22.6. The zero-order valence-corrected chi connectivity index (χ0v) is 29.1. The number of carbonyl (C=O) groups excluding carboxylic acids is 4. The molecule has 3 aromatic carbocycles. The van der Waals surface area contributed by atoms with Crippen molar-refractivity contribution in [1.82, 2.24) is 4.90 Å². The second kappa shape index (κ2) is 12.6. The highest BCUT2D eigenvalue weighted by Crippen LogP contribution is 2.67. The Bertz CT molecular complexity index is 2120. The van der Waals surface area contributed by atoms with Gasteiger partial charge in [0.25, 0.3) is 11.8 Å². The summed E-state index contributed by atoms with van der Waals surface area (Å²) in [6.45, 7) is -0.0581. The number of methoxy groups -OCH3 is 2. The molecule has 2 saturated heterocycles. The van der Waals surface area contributed by atoms with Crippen LogP contribution in [0.15, 0.2) is 48.0 Å². The summed E-state index contributed by atoms with van der Waals surface area (Å²) in [5, 5.41) is 20.1. The minimum atomic E-state index is -2.82. The van der Waals surface area contributed by atoms with Gasteiger partial charge < -0.3 is 19.7 Å². The highest BCUT2D eigenvalue weighted by atomic mass is 35.5. The van der Waals surface area contributed by atoms with Crippen LogP contribution in [0.5, 0.6) is 23.0 Å².